The first-order valence-electron chi connectivity index (χ1n) is 9.31. The molecule has 0 bridgehead atoms. The molecule has 0 aliphatic carbocycles. The topological polar surface area (TPSA) is 75.5 Å². The number of benzene rings is 2. The zero-order chi connectivity index (χ0) is 19.4. The van der Waals surface area contributed by atoms with E-state index < -0.39 is 0 Å². The summed E-state index contributed by atoms with van der Waals surface area (Å²) < 4.78 is 0. The molecular formula is C21H25N3O3. The Hall–Kier alpha value is -2.89. The minimum absolute atomic E-state index is 0.0352. The maximum absolute atomic E-state index is 12.7. The van der Waals surface area contributed by atoms with Crippen LogP contribution in [0.5, 0.6) is 0 Å². The Morgan fingerprint density at radius 3 is 2.44 bits per heavy atom. The number of nitro groups is 1. The molecular weight excluding hydrogens is 342 g/mol. The van der Waals surface area contributed by atoms with Crippen LogP contribution in [0.15, 0.2) is 48.5 Å². The van der Waals surface area contributed by atoms with Crippen molar-refractivity contribution in [2.45, 2.75) is 32.7 Å². The fourth-order valence-electron chi connectivity index (χ4n) is 3.75. The second-order valence-corrected chi connectivity index (χ2v) is 7.09. The molecule has 27 heavy (non-hydrogen) atoms. The highest BCUT2D eigenvalue weighted by atomic mass is 16.6. The maximum Gasteiger partial charge on any atom is 0.292 e. The third kappa shape index (κ3) is 4.27. The quantitative estimate of drug-likeness (QED) is 0.640. The van der Waals surface area contributed by atoms with E-state index in [2.05, 4.69) is 5.32 Å². The average molecular weight is 367 g/mol. The molecule has 0 aromatic heterocycles. The van der Waals surface area contributed by atoms with Crippen LogP contribution in [0.25, 0.3) is 0 Å². The molecule has 1 saturated heterocycles. The van der Waals surface area contributed by atoms with Gasteiger partial charge in [0.05, 0.1) is 11.0 Å². The Bertz CT molecular complexity index is 829. The van der Waals surface area contributed by atoms with Crippen molar-refractivity contribution >= 4 is 17.3 Å². The zero-order valence-electron chi connectivity index (χ0n) is 15.7. The summed E-state index contributed by atoms with van der Waals surface area (Å²) in [5.41, 5.74) is 3.04. The Labute approximate surface area is 159 Å². The molecule has 2 aromatic carbocycles. The number of para-hydroxylation sites is 2. The summed E-state index contributed by atoms with van der Waals surface area (Å²) in [6.07, 6.45) is 1.39. The number of rotatable bonds is 5. The van der Waals surface area contributed by atoms with E-state index in [0.717, 1.165) is 11.1 Å². The second-order valence-electron chi connectivity index (χ2n) is 7.09. The number of anilines is 1. The van der Waals surface area contributed by atoms with E-state index in [1.54, 1.807) is 12.1 Å². The lowest BCUT2D eigenvalue weighted by atomic mass is 9.94. The minimum Gasteiger partial charge on any atom is -0.366 e. The first-order chi connectivity index (χ1) is 13.0. The number of carbonyl (C=O) groups is 1. The molecule has 0 saturated carbocycles. The molecule has 6 nitrogen and oxygen atoms in total. The highest BCUT2D eigenvalue weighted by Gasteiger charge is 2.28. The molecule has 1 heterocycles. The van der Waals surface area contributed by atoms with Crippen molar-refractivity contribution in [1.29, 1.82) is 0 Å². The average Bonchev–Trinajstić information content (AvgIpc) is 2.68. The van der Waals surface area contributed by atoms with Gasteiger partial charge in [-0.3, -0.25) is 14.9 Å². The van der Waals surface area contributed by atoms with Gasteiger partial charge in [-0.2, -0.15) is 0 Å². The standard InChI is InChI=1S/C21H25N3O3/c1-15-7-3-4-8-18(15)16(2)22-21(25)17-11-13-23(14-12-17)19-9-5-6-10-20(19)24(26)27/h3-10,16-17H,11-14H2,1-2H3,(H,22,25)/t16-/m0/s1. The molecule has 0 unspecified atom stereocenters. The predicted molar refractivity (Wildman–Crippen MR) is 106 cm³/mol. The van der Waals surface area contributed by atoms with Crippen LogP contribution < -0.4 is 10.2 Å². The summed E-state index contributed by atoms with van der Waals surface area (Å²) in [4.78, 5) is 25.6. The number of carbonyl (C=O) groups excluding carboxylic acids is 1. The number of aryl methyl sites for hydroxylation is 1. The Morgan fingerprint density at radius 1 is 1.15 bits per heavy atom. The number of nitrogens with one attached hydrogen (secondary N) is 1. The van der Waals surface area contributed by atoms with Crippen LogP contribution in [0.3, 0.4) is 0 Å². The van der Waals surface area contributed by atoms with Crippen molar-refractivity contribution in [2.75, 3.05) is 18.0 Å². The first-order valence-corrected chi connectivity index (χ1v) is 9.31. The molecule has 0 radical (unpaired) electrons. The SMILES string of the molecule is Cc1ccccc1[C@H](C)NC(=O)C1CCN(c2ccccc2[N+](=O)[O-])CC1. The van der Waals surface area contributed by atoms with E-state index >= 15 is 0 Å². The van der Waals surface area contributed by atoms with Gasteiger partial charge in [-0.25, -0.2) is 0 Å². The van der Waals surface area contributed by atoms with Crippen LogP contribution in [-0.4, -0.2) is 23.9 Å². The van der Waals surface area contributed by atoms with Crippen molar-refractivity contribution in [1.82, 2.24) is 5.32 Å². The maximum atomic E-state index is 12.7. The van der Waals surface area contributed by atoms with Gasteiger partial charge in [0.1, 0.15) is 5.69 Å². The number of amides is 1. The van der Waals surface area contributed by atoms with Gasteiger partial charge in [0, 0.05) is 25.1 Å². The van der Waals surface area contributed by atoms with Crippen molar-refractivity contribution in [3.8, 4) is 0 Å². The lowest BCUT2D eigenvalue weighted by Gasteiger charge is -2.33. The Kier molecular flexibility index (Phi) is 5.74. The number of hydrogen-bond acceptors (Lipinski definition) is 4. The fraction of sp³-hybridized carbons (Fsp3) is 0.381. The van der Waals surface area contributed by atoms with Crippen LogP contribution in [0.2, 0.25) is 0 Å². The summed E-state index contributed by atoms with van der Waals surface area (Å²) in [5, 5.41) is 14.4. The van der Waals surface area contributed by atoms with Gasteiger partial charge in [0.15, 0.2) is 0 Å². The molecule has 1 atom stereocenters. The largest absolute Gasteiger partial charge is 0.366 e. The Balaban J connectivity index is 1.60. The van der Waals surface area contributed by atoms with E-state index in [-0.39, 0.29) is 28.5 Å². The third-order valence-corrected chi connectivity index (χ3v) is 5.30. The van der Waals surface area contributed by atoms with Crippen LogP contribution in [0, 0.1) is 23.0 Å². The number of nitro benzene ring substituents is 1. The van der Waals surface area contributed by atoms with Gasteiger partial charge in [-0.1, -0.05) is 36.4 Å². The van der Waals surface area contributed by atoms with Gasteiger partial charge < -0.3 is 10.2 Å². The number of nitrogens with zero attached hydrogens (tertiary/aromatic N) is 2. The van der Waals surface area contributed by atoms with Crippen molar-refractivity contribution in [3.05, 3.63) is 69.8 Å². The lowest BCUT2D eigenvalue weighted by Crippen LogP contribution is -2.41. The Morgan fingerprint density at radius 2 is 1.78 bits per heavy atom. The van der Waals surface area contributed by atoms with Gasteiger partial charge in [0.2, 0.25) is 5.91 Å². The molecule has 142 valence electrons. The fourth-order valence-corrected chi connectivity index (χ4v) is 3.75. The number of hydrogen-bond donors (Lipinski definition) is 1. The summed E-state index contributed by atoms with van der Waals surface area (Å²) in [6, 6.07) is 14.8. The van der Waals surface area contributed by atoms with E-state index in [0.29, 0.717) is 31.6 Å². The molecule has 1 amide bonds. The molecule has 6 heteroatoms. The van der Waals surface area contributed by atoms with E-state index in [4.69, 9.17) is 0 Å². The number of piperidine rings is 1. The highest BCUT2D eigenvalue weighted by Crippen LogP contribution is 2.31. The van der Waals surface area contributed by atoms with E-state index in [1.807, 2.05) is 49.1 Å². The predicted octanol–water partition coefficient (Wildman–Crippen LogP) is 4.00. The molecule has 1 aliphatic heterocycles. The minimum atomic E-state index is -0.349. The first kappa shape index (κ1) is 18.9. The monoisotopic (exact) mass is 367 g/mol. The van der Waals surface area contributed by atoms with Crippen LogP contribution in [0.1, 0.15) is 36.9 Å². The van der Waals surface area contributed by atoms with Crippen LogP contribution >= 0.6 is 0 Å². The smallest absolute Gasteiger partial charge is 0.292 e. The van der Waals surface area contributed by atoms with Gasteiger partial charge in [-0.15, -0.1) is 0 Å². The van der Waals surface area contributed by atoms with Crippen molar-refractivity contribution in [3.63, 3.8) is 0 Å². The molecule has 1 fully saturated rings. The van der Waals surface area contributed by atoms with Gasteiger partial charge in [-0.05, 0) is 43.9 Å². The van der Waals surface area contributed by atoms with E-state index in [1.165, 1.54) is 6.07 Å². The van der Waals surface area contributed by atoms with Gasteiger partial charge in [0.25, 0.3) is 5.69 Å². The van der Waals surface area contributed by atoms with Crippen molar-refractivity contribution in [2.24, 2.45) is 5.92 Å². The zero-order valence-corrected chi connectivity index (χ0v) is 15.7. The molecule has 1 N–H and O–H groups in total. The molecule has 3 rings (SSSR count). The van der Waals surface area contributed by atoms with E-state index in [9.17, 15) is 14.9 Å². The highest BCUT2D eigenvalue weighted by molar-refractivity contribution is 5.79. The van der Waals surface area contributed by atoms with Crippen molar-refractivity contribution < 1.29 is 9.72 Å². The molecule has 1 aliphatic rings. The summed E-state index contributed by atoms with van der Waals surface area (Å²) in [5.74, 6) is 0.00320. The molecule has 0 spiro atoms. The molecule has 2 aromatic rings. The summed E-state index contributed by atoms with van der Waals surface area (Å²) >= 11 is 0. The summed E-state index contributed by atoms with van der Waals surface area (Å²) in [6.45, 7) is 5.33. The summed E-state index contributed by atoms with van der Waals surface area (Å²) in [7, 11) is 0. The third-order valence-electron chi connectivity index (χ3n) is 5.30. The van der Waals surface area contributed by atoms with Gasteiger partial charge >= 0.3 is 0 Å². The van der Waals surface area contributed by atoms with Crippen LogP contribution in [0.4, 0.5) is 11.4 Å². The lowest BCUT2D eigenvalue weighted by molar-refractivity contribution is -0.384. The van der Waals surface area contributed by atoms with Crippen LogP contribution in [-0.2, 0) is 4.79 Å². The second kappa shape index (κ2) is 8.20. The normalized spacial score (nSPS) is 16.0.